The van der Waals surface area contributed by atoms with Crippen LogP contribution in [0.15, 0.2) is 24.3 Å². The molecule has 20 heavy (non-hydrogen) atoms. The van der Waals surface area contributed by atoms with Crippen molar-refractivity contribution in [2.45, 2.75) is 45.1 Å². The Morgan fingerprint density at radius 2 is 1.95 bits per heavy atom. The fourth-order valence-corrected chi connectivity index (χ4v) is 2.92. The standard InChI is InChI=1S/C17H27NO2/c1-3-14-5-4-6-16(13-14)18-15-7-9-17(10-8-15)20-12-11-19-2/h7-10,14,16,18H,3-6,11-13H2,1-2H3. The highest BCUT2D eigenvalue weighted by atomic mass is 16.5. The van der Waals surface area contributed by atoms with Crippen LogP contribution in [-0.4, -0.2) is 26.4 Å². The molecule has 0 heterocycles. The average Bonchev–Trinajstić information content (AvgIpc) is 2.49. The third-order valence-corrected chi connectivity index (χ3v) is 4.14. The van der Waals surface area contributed by atoms with E-state index in [4.69, 9.17) is 9.47 Å². The van der Waals surface area contributed by atoms with Crippen molar-refractivity contribution in [2.24, 2.45) is 5.92 Å². The van der Waals surface area contributed by atoms with Crippen LogP contribution in [0.4, 0.5) is 5.69 Å². The highest BCUT2D eigenvalue weighted by Gasteiger charge is 2.20. The predicted molar refractivity (Wildman–Crippen MR) is 83.5 cm³/mol. The third-order valence-electron chi connectivity index (χ3n) is 4.14. The van der Waals surface area contributed by atoms with Crippen LogP contribution in [-0.2, 0) is 4.74 Å². The summed E-state index contributed by atoms with van der Waals surface area (Å²) in [6.07, 6.45) is 6.67. The highest BCUT2D eigenvalue weighted by molar-refractivity contribution is 5.47. The Morgan fingerprint density at radius 3 is 2.65 bits per heavy atom. The molecule has 0 spiro atoms. The summed E-state index contributed by atoms with van der Waals surface area (Å²) in [4.78, 5) is 0. The van der Waals surface area contributed by atoms with Crippen LogP contribution >= 0.6 is 0 Å². The van der Waals surface area contributed by atoms with E-state index in [-0.39, 0.29) is 0 Å². The van der Waals surface area contributed by atoms with Gasteiger partial charge in [0.1, 0.15) is 12.4 Å². The first-order valence-electron chi connectivity index (χ1n) is 7.80. The van der Waals surface area contributed by atoms with Gasteiger partial charge in [0.05, 0.1) is 6.61 Å². The molecule has 3 nitrogen and oxygen atoms in total. The average molecular weight is 277 g/mol. The molecule has 0 amide bonds. The Hall–Kier alpha value is -1.22. The van der Waals surface area contributed by atoms with Crippen molar-refractivity contribution in [3.8, 4) is 5.75 Å². The quantitative estimate of drug-likeness (QED) is 0.761. The van der Waals surface area contributed by atoms with Crippen LogP contribution < -0.4 is 10.1 Å². The fourth-order valence-electron chi connectivity index (χ4n) is 2.92. The van der Waals surface area contributed by atoms with Crippen molar-refractivity contribution in [3.63, 3.8) is 0 Å². The van der Waals surface area contributed by atoms with Gasteiger partial charge in [-0.05, 0) is 43.0 Å². The summed E-state index contributed by atoms with van der Waals surface area (Å²) < 4.78 is 10.5. The van der Waals surface area contributed by atoms with E-state index < -0.39 is 0 Å². The third kappa shape index (κ3) is 4.71. The molecule has 1 fully saturated rings. The Bertz CT molecular complexity index is 377. The molecule has 1 saturated carbocycles. The molecule has 0 bridgehead atoms. The molecule has 1 aliphatic rings. The molecule has 1 aromatic carbocycles. The minimum Gasteiger partial charge on any atom is -0.491 e. The molecule has 1 aromatic rings. The normalized spacial score (nSPS) is 22.5. The highest BCUT2D eigenvalue weighted by Crippen LogP contribution is 2.29. The Balaban J connectivity index is 1.80. The molecular formula is C17H27NO2. The second-order valence-electron chi connectivity index (χ2n) is 5.65. The summed E-state index contributed by atoms with van der Waals surface area (Å²) in [5.41, 5.74) is 1.20. The van der Waals surface area contributed by atoms with E-state index in [9.17, 15) is 0 Å². The van der Waals surface area contributed by atoms with Crippen molar-refractivity contribution < 1.29 is 9.47 Å². The van der Waals surface area contributed by atoms with Crippen LogP contribution in [0.25, 0.3) is 0 Å². The van der Waals surface area contributed by atoms with Gasteiger partial charge in [-0.25, -0.2) is 0 Å². The molecule has 0 radical (unpaired) electrons. The van der Waals surface area contributed by atoms with Gasteiger partial charge in [-0.15, -0.1) is 0 Å². The summed E-state index contributed by atoms with van der Waals surface area (Å²) in [7, 11) is 1.68. The number of benzene rings is 1. The zero-order valence-electron chi connectivity index (χ0n) is 12.7. The van der Waals surface area contributed by atoms with Crippen LogP contribution in [0, 0.1) is 5.92 Å². The predicted octanol–water partition coefficient (Wildman–Crippen LogP) is 4.09. The lowest BCUT2D eigenvalue weighted by Gasteiger charge is -2.29. The first-order valence-corrected chi connectivity index (χ1v) is 7.80. The van der Waals surface area contributed by atoms with E-state index in [1.807, 2.05) is 12.1 Å². The zero-order chi connectivity index (χ0) is 14.2. The van der Waals surface area contributed by atoms with Crippen LogP contribution in [0.2, 0.25) is 0 Å². The first kappa shape index (κ1) is 15.2. The molecule has 1 N–H and O–H groups in total. The van der Waals surface area contributed by atoms with Gasteiger partial charge < -0.3 is 14.8 Å². The molecular weight excluding hydrogens is 250 g/mol. The lowest BCUT2D eigenvalue weighted by molar-refractivity contribution is 0.146. The van der Waals surface area contributed by atoms with Gasteiger partial charge >= 0.3 is 0 Å². The monoisotopic (exact) mass is 277 g/mol. The van der Waals surface area contributed by atoms with Gasteiger partial charge in [-0.3, -0.25) is 0 Å². The molecule has 0 aromatic heterocycles. The zero-order valence-corrected chi connectivity index (χ0v) is 12.7. The molecule has 2 atom stereocenters. The van der Waals surface area contributed by atoms with Crippen molar-refractivity contribution >= 4 is 5.69 Å². The van der Waals surface area contributed by atoms with Crippen LogP contribution in [0.5, 0.6) is 5.75 Å². The lowest BCUT2D eigenvalue weighted by Crippen LogP contribution is -2.26. The van der Waals surface area contributed by atoms with Crippen molar-refractivity contribution in [1.29, 1.82) is 0 Å². The van der Waals surface area contributed by atoms with E-state index in [0.29, 0.717) is 19.3 Å². The number of rotatable bonds is 7. The summed E-state index contributed by atoms with van der Waals surface area (Å²) >= 11 is 0. The van der Waals surface area contributed by atoms with Crippen molar-refractivity contribution in [3.05, 3.63) is 24.3 Å². The largest absolute Gasteiger partial charge is 0.491 e. The maximum absolute atomic E-state index is 5.57. The minimum absolute atomic E-state index is 0.601. The van der Waals surface area contributed by atoms with Crippen LogP contribution in [0.3, 0.4) is 0 Å². The number of ether oxygens (including phenoxy) is 2. The number of hydrogen-bond acceptors (Lipinski definition) is 3. The molecule has 3 heteroatoms. The smallest absolute Gasteiger partial charge is 0.119 e. The number of anilines is 1. The summed E-state index contributed by atoms with van der Waals surface area (Å²) in [5, 5.41) is 3.66. The van der Waals surface area contributed by atoms with Gasteiger partial charge in [-0.2, -0.15) is 0 Å². The molecule has 2 unspecified atom stereocenters. The Kier molecular flexibility index (Phi) is 6.19. The number of hydrogen-bond donors (Lipinski definition) is 1. The maximum atomic E-state index is 5.57. The van der Waals surface area contributed by atoms with Crippen LogP contribution in [0.1, 0.15) is 39.0 Å². The molecule has 1 aliphatic carbocycles. The lowest BCUT2D eigenvalue weighted by atomic mass is 9.84. The molecule has 0 aliphatic heterocycles. The van der Waals surface area contributed by atoms with Gasteiger partial charge in [0.2, 0.25) is 0 Å². The summed E-state index contributed by atoms with van der Waals surface area (Å²) in [6, 6.07) is 8.90. The van der Waals surface area contributed by atoms with E-state index in [1.165, 1.54) is 37.8 Å². The summed E-state index contributed by atoms with van der Waals surface area (Å²) in [6.45, 7) is 3.53. The minimum atomic E-state index is 0.601. The SMILES string of the molecule is CCC1CCCC(Nc2ccc(OCCOC)cc2)C1. The van der Waals surface area contributed by atoms with E-state index in [1.54, 1.807) is 7.11 Å². The molecule has 112 valence electrons. The van der Waals surface area contributed by atoms with Crippen molar-refractivity contribution in [2.75, 3.05) is 25.6 Å². The van der Waals surface area contributed by atoms with Gasteiger partial charge in [0, 0.05) is 18.8 Å². The van der Waals surface area contributed by atoms with E-state index >= 15 is 0 Å². The van der Waals surface area contributed by atoms with Gasteiger partial charge in [0.25, 0.3) is 0 Å². The van der Waals surface area contributed by atoms with Gasteiger partial charge in [0.15, 0.2) is 0 Å². The van der Waals surface area contributed by atoms with E-state index in [2.05, 4.69) is 24.4 Å². The number of methoxy groups -OCH3 is 1. The Morgan fingerprint density at radius 1 is 1.15 bits per heavy atom. The maximum Gasteiger partial charge on any atom is 0.119 e. The second kappa shape index (κ2) is 8.15. The number of nitrogens with one attached hydrogen (secondary N) is 1. The van der Waals surface area contributed by atoms with Gasteiger partial charge in [-0.1, -0.05) is 26.2 Å². The second-order valence-corrected chi connectivity index (χ2v) is 5.65. The molecule has 0 saturated heterocycles. The van der Waals surface area contributed by atoms with Crippen molar-refractivity contribution in [1.82, 2.24) is 0 Å². The topological polar surface area (TPSA) is 30.5 Å². The first-order chi connectivity index (χ1) is 9.81. The fraction of sp³-hybridized carbons (Fsp3) is 0.647. The summed E-state index contributed by atoms with van der Waals surface area (Å²) in [5.74, 6) is 1.81. The van der Waals surface area contributed by atoms with E-state index in [0.717, 1.165) is 11.7 Å². The molecule has 2 rings (SSSR count). The Labute approximate surface area is 122 Å².